The van der Waals surface area contributed by atoms with Gasteiger partial charge in [0.05, 0.1) is 4.90 Å². The van der Waals surface area contributed by atoms with E-state index < -0.39 is 10.0 Å². The number of likely N-dealkylation sites (N-methyl/N-ethyl adjacent to an activating group) is 1. The van der Waals surface area contributed by atoms with E-state index in [0.717, 1.165) is 13.0 Å². The summed E-state index contributed by atoms with van der Waals surface area (Å²) < 4.78 is 26.1. The van der Waals surface area contributed by atoms with Crippen LogP contribution in [0.3, 0.4) is 0 Å². The highest BCUT2D eigenvalue weighted by atomic mass is 35.5. The zero-order chi connectivity index (χ0) is 12.5. The SMILES string of the molecule is CN(C1CCNC1)S(=O)(=O)c1cccc(Cl)c1.Cl. The number of sulfonamides is 1. The van der Waals surface area contributed by atoms with Crippen molar-refractivity contribution in [3.63, 3.8) is 0 Å². The van der Waals surface area contributed by atoms with Gasteiger partial charge in [0.1, 0.15) is 0 Å². The fraction of sp³-hybridized carbons (Fsp3) is 0.455. The minimum Gasteiger partial charge on any atom is -0.315 e. The third-order valence-electron chi connectivity index (χ3n) is 3.02. The van der Waals surface area contributed by atoms with Crippen molar-refractivity contribution in [2.24, 2.45) is 0 Å². The van der Waals surface area contributed by atoms with Crippen LogP contribution in [0.1, 0.15) is 6.42 Å². The fourth-order valence-electron chi connectivity index (χ4n) is 1.94. The average Bonchev–Trinajstić information content (AvgIpc) is 2.81. The summed E-state index contributed by atoms with van der Waals surface area (Å²) in [6.07, 6.45) is 0.844. The van der Waals surface area contributed by atoms with Gasteiger partial charge >= 0.3 is 0 Å². The molecule has 1 aromatic carbocycles. The van der Waals surface area contributed by atoms with Crippen molar-refractivity contribution in [2.45, 2.75) is 17.4 Å². The summed E-state index contributed by atoms with van der Waals surface area (Å²) in [4.78, 5) is 0.249. The molecule has 1 N–H and O–H groups in total. The molecule has 1 fully saturated rings. The van der Waals surface area contributed by atoms with Gasteiger partial charge in [0.15, 0.2) is 0 Å². The Balaban J connectivity index is 0.00000162. The molecule has 1 aliphatic heterocycles. The lowest BCUT2D eigenvalue weighted by atomic mass is 10.3. The maximum atomic E-state index is 12.3. The Hall–Kier alpha value is -0.330. The van der Waals surface area contributed by atoms with Crippen LogP contribution in [0.4, 0.5) is 0 Å². The Morgan fingerprint density at radius 2 is 2.17 bits per heavy atom. The molecule has 1 atom stereocenters. The van der Waals surface area contributed by atoms with Crippen LogP contribution in [-0.2, 0) is 10.0 Å². The Kier molecular flexibility index (Phi) is 5.43. The second-order valence-corrected chi connectivity index (χ2v) is 6.56. The largest absolute Gasteiger partial charge is 0.315 e. The molecule has 0 spiro atoms. The number of nitrogens with one attached hydrogen (secondary N) is 1. The maximum absolute atomic E-state index is 12.3. The summed E-state index contributed by atoms with van der Waals surface area (Å²) in [7, 11) is -1.82. The molecule has 2 rings (SSSR count). The zero-order valence-electron chi connectivity index (χ0n) is 9.97. The van der Waals surface area contributed by atoms with Crippen LogP contribution in [0.5, 0.6) is 0 Å². The third-order valence-corrected chi connectivity index (χ3v) is 5.16. The molecule has 1 saturated heterocycles. The minimum absolute atomic E-state index is 0. The third kappa shape index (κ3) is 3.16. The second kappa shape index (κ2) is 6.21. The highest BCUT2D eigenvalue weighted by Crippen LogP contribution is 2.21. The van der Waals surface area contributed by atoms with Gasteiger partial charge in [-0.25, -0.2) is 8.42 Å². The van der Waals surface area contributed by atoms with Crippen LogP contribution in [-0.4, -0.2) is 38.9 Å². The maximum Gasteiger partial charge on any atom is 0.243 e. The van der Waals surface area contributed by atoms with Crippen molar-refractivity contribution in [1.29, 1.82) is 0 Å². The van der Waals surface area contributed by atoms with Crippen molar-refractivity contribution in [3.8, 4) is 0 Å². The molecule has 102 valence electrons. The molecule has 1 heterocycles. The first kappa shape index (κ1) is 15.7. The van der Waals surface area contributed by atoms with Gasteiger partial charge in [-0.05, 0) is 31.2 Å². The highest BCUT2D eigenvalue weighted by Gasteiger charge is 2.29. The second-order valence-electron chi connectivity index (χ2n) is 4.13. The van der Waals surface area contributed by atoms with Gasteiger partial charge < -0.3 is 5.32 Å². The normalized spacial score (nSPS) is 19.8. The summed E-state index contributed by atoms with van der Waals surface area (Å²) in [6, 6.07) is 6.39. The molecule has 7 heteroatoms. The van der Waals surface area contributed by atoms with E-state index >= 15 is 0 Å². The smallest absolute Gasteiger partial charge is 0.243 e. The predicted molar refractivity (Wildman–Crippen MR) is 74.9 cm³/mol. The molecule has 0 bridgehead atoms. The molecule has 1 aromatic rings. The van der Waals surface area contributed by atoms with E-state index in [0.29, 0.717) is 11.6 Å². The number of halogens is 2. The van der Waals surface area contributed by atoms with Crippen molar-refractivity contribution < 1.29 is 8.42 Å². The van der Waals surface area contributed by atoms with Crippen LogP contribution in [0, 0.1) is 0 Å². The number of nitrogens with zero attached hydrogens (tertiary/aromatic N) is 1. The van der Waals surface area contributed by atoms with Gasteiger partial charge in [0, 0.05) is 24.7 Å². The molecular formula is C11H16Cl2N2O2S. The Labute approximate surface area is 119 Å². The van der Waals surface area contributed by atoms with E-state index in [4.69, 9.17) is 11.6 Å². The molecule has 0 amide bonds. The van der Waals surface area contributed by atoms with Gasteiger partial charge in [-0.15, -0.1) is 12.4 Å². The van der Waals surface area contributed by atoms with Gasteiger partial charge in [0.25, 0.3) is 0 Å². The van der Waals surface area contributed by atoms with Crippen molar-refractivity contribution in [3.05, 3.63) is 29.3 Å². The molecule has 0 aliphatic carbocycles. The lowest BCUT2D eigenvalue weighted by Gasteiger charge is -2.23. The molecule has 0 aromatic heterocycles. The standard InChI is InChI=1S/C11H15ClN2O2S.ClH/c1-14(10-5-6-13-8-10)17(15,16)11-4-2-3-9(12)7-11;/h2-4,7,10,13H,5-6,8H2,1H3;1H. The molecule has 1 unspecified atom stereocenters. The highest BCUT2D eigenvalue weighted by molar-refractivity contribution is 7.89. The van der Waals surface area contributed by atoms with E-state index in [-0.39, 0.29) is 23.3 Å². The number of rotatable bonds is 3. The minimum atomic E-state index is -3.44. The Morgan fingerprint density at radius 3 is 2.72 bits per heavy atom. The summed E-state index contributed by atoms with van der Waals surface area (Å²) in [6.45, 7) is 1.57. The van der Waals surface area contributed by atoms with Crippen LogP contribution >= 0.6 is 24.0 Å². The van der Waals surface area contributed by atoms with Gasteiger partial charge in [-0.1, -0.05) is 17.7 Å². The average molecular weight is 311 g/mol. The van der Waals surface area contributed by atoms with E-state index in [2.05, 4.69) is 5.32 Å². The summed E-state index contributed by atoms with van der Waals surface area (Å²) in [5.41, 5.74) is 0. The van der Waals surface area contributed by atoms with Gasteiger partial charge in [0.2, 0.25) is 10.0 Å². The number of hydrogen-bond donors (Lipinski definition) is 1. The molecule has 0 saturated carbocycles. The van der Waals surface area contributed by atoms with Crippen molar-refractivity contribution in [1.82, 2.24) is 9.62 Å². The van der Waals surface area contributed by atoms with Crippen LogP contribution in [0.25, 0.3) is 0 Å². The Bertz CT molecular complexity index is 502. The van der Waals surface area contributed by atoms with Crippen LogP contribution in [0.15, 0.2) is 29.2 Å². The quantitative estimate of drug-likeness (QED) is 0.925. The molecule has 0 radical (unpaired) electrons. The fourth-order valence-corrected chi connectivity index (χ4v) is 3.63. The van der Waals surface area contributed by atoms with E-state index in [1.54, 1.807) is 25.2 Å². The number of benzene rings is 1. The Morgan fingerprint density at radius 1 is 1.44 bits per heavy atom. The number of hydrogen-bond acceptors (Lipinski definition) is 3. The van der Waals surface area contributed by atoms with Gasteiger partial charge in [-0.2, -0.15) is 4.31 Å². The lowest BCUT2D eigenvalue weighted by molar-refractivity contribution is 0.388. The molecular weight excluding hydrogens is 295 g/mol. The van der Waals surface area contributed by atoms with Gasteiger partial charge in [-0.3, -0.25) is 0 Å². The molecule has 18 heavy (non-hydrogen) atoms. The summed E-state index contributed by atoms with van der Waals surface area (Å²) in [5, 5.41) is 3.59. The lowest BCUT2D eigenvalue weighted by Crippen LogP contribution is -2.38. The first-order valence-electron chi connectivity index (χ1n) is 5.46. The van der Waals surface area contributed by atoms with Crippen molar-refractivity contribution >= 4 is 34.0 Å². The van der Waals surface area contributed by atoms with E-state index in [1.807, 2.05) is 0 Å². The monoisotopic (exact) mass is 310 g/mol. The molecule has 4 nitrogen and oxygen atoms in total. The summed E-state index contributed by atoms with van der Waals surface area (Å²) in [5.74, 6) is 0. The van der Waals surface area contributed by atoms with E-state index in [9.17, 15) is 8.42 Å². The van der Waals surface area contributed by atoms with E-state index in [1.165, 1.54) is 10.4 Å². The van der Waals surface area contributed by atoms with Crippen molar-refractivity contribution in [2.75, 3.05) is 20.1 Å². The first-order chi connectivity index (χ1) is 8.01. The van der Waals surface area contributed by atoms with Crippen LogP contribution < -0.4 is 5.32 Å². The topological polar surface area (TPSA) is 49.4 Å². The molecule has 1 aliphatic rings. The predicted octanol–water partition coefficient (Wildman–Crippen LogP) is 1.74. The summed E-state index contributed by atoms with van der Waals surface area (Å²) >= 11 is 5.82. The zero-order valence-corrected chi connectivity index (χ0v) is 12.4. The van der Waals surface area contributed by atoms with Crippen LogP contribution in [0.2, 0.25) is 5.02 Å². The first-order valence-corrected chi connectivity index (χ1v) is 7.28.